The first-order valence-electron chi connectivity index (χ1n) is 8.37. The molecule has 1 N–H and O–H groups in total. The number of carbonyl (C=O) groups is 2. The highest BCUT2D eigenvalue weighted by molar-refractivity contribution is 9.10. The standard InChI is InChI=1S/C19H17BrF2N2O4/c1-19(12-5-7-14(8-6-12)28-17(21)22)16(25)24(18(26)23-19)9-10-27-15-4-2-3-13(20)11-15/h2-8,11,17H,9-10H2,1H3,(H,23,26)/t19-/m0/s1. The van der Waals surface area contributed by atoms with Gasteiger partial charge in [0.25, 0.3) is 5.91 Å². The van der Waals surface area contributed by atoms with Crippen LogP contribution in [0.5, 0.6) is 11.5 Å². The summed E-state index contributed by atoms with van der Waals surface area (Å²) in [7, 11) is 0. The number of hydrogen-bond donors (Lipinski definition) is 1. The molecule has 0 spiro atoms. The molecular weight excluding hydrogens is 438 g/mol. The molecule has 1 atom stereocenters. The lowest BCUT2D eigenvalue weighted by atomic mass is 9.92. The van der Waals surface area contributed by atoms with Crippen LogP contribution in [0.2, 0.25) is 0 Å². The van der Waals surface area contributed by atoms with Gasteiger partial charge >= 0.3 is 12.6 Å². The third kappa shape index (κ3) is 4.24. The summed E-state index contributed by atoms with van der Waals surface area (Å²) in [6, 6.07) is 12.3. The molecule has 28 heavy (non-hydrogen) atoms. The van der Waals surface area contributed by atoms with Crippen molar-refractivity contribution < 1.29 is 27.8 Å². The summed E-state index contributed by atoms with van der Waals surface area (Å²) in [6.45, 7) is -1.17. The summed E-state index contributed by atoms with van der Waals surface area (Å²) in [5.41, 5.74) is -0.834. The van der Waals surface area contributed by atoms with Crippen molar-refractivity contribution in [2.45, 2.75) is 19.1 Å². The molecule has 0 unspecified atom stereocenters. The van der Waals surface area contributed by atoms with Gasteiger partial charge in [-0.25, -0.2) is 4.79 Å². The molecule has 1 saturated heterocycles. The van der Waals surface area contributed by atoms with Gasteiger partial charge in [-0.1, -0.05) is 34.1 Å². The van der Waals surface area contributed by atoms with E-state index in [1.165, 1.54) is 24.3 Å². The van der Waals surface area contributed by atoms with Crippen LogP contribution >= 0.6 is 15.9 Å². The lowest BCUT2D eigenvalue weighted by Gasteiger charge is -2.22. The largest absolute Gasteiger partial charge is 0.492 e. The number of halogens is 3. The molecule has 0 radical (unpaired) electrons. The van der Waals surface area contributed by atoms with Crippen LogP contribution < -0.4 is 14.8 Å². The Hall–Kier alpha value is -2.68. The predicted molar refractivity (Wildman–Crippen MR) is 100 cm³/mol. The average molecular weight is 455 g/mol. The first-order chi connectivity index (χ1) is 13.3. The Bertz CT molecular complexity index is 878. The molecule has 6 nitrogen and oxygen atoms in total. The third-order valence-electron chi connectivity index (χ3n) is 4.31. The lowest BCUT2D eigenvalue weighted by Crippen LogP contribution is -2.41. The van der Waals surface area contributed by atoms with Crippen molar-refractivity contribution in [1.29, 1.82) is 0 Å². The van der Waals surface area contributed by atoms with Crippen LogP contribution in [0.15, 0.2) is 53.0 Å². The second-order valence-electron chi connectivity index (χ2n) is 6.22. The monoisotopic (exact) mass is 454 g/mol. The SMILES string of the molecule is C[C@@]1(c2ccc(OC(F)F)cc2)NC(=O)N(CCOc2cccc(Br)c2)C1=O. The fourth-order valence-electron chi connectivity index (χ4n) is 2.88. The zero-order valence-electron chi connectivity index (χ0n) is 14.8. The number of carbonyl (C=O) groups excluding carboxylic acids is 2. The highest BCUT2D eigenvalue weighted by atomic mass is 79.9. The Morgan fingerprint density at radius 3 is 2.50 bits per heavy atom. The molecule has 1 heterocycles. The smallest absolute Gasteiger partial charge is 0.387 e. The summed E-state index contributed by atoms with van der Waals surface area (Å²) in [5, 5.41) is 2.65. The van der Waals surface area contributed by atoms with Gasteiger partial charge in [0, 0.05) is 4.47 Å². The number of alkyl halides is 2. The first kappa shape index (κ1) is 20.1. The molecule has 1 aliphatic rings. The lowest BCUT2D eigenvalue weighted by molar-refractivity contribution is -0.131. The molecule has 9 heteroatoms. The molecule has 2 aromatic rings. The van der Waals surface area contributed by atoms with Gasteiger partial charge in [0.15, 0.2) is 0 Å². The first-order valence-corrected chi connectivity index (χ1v) is 9.17. The molecule has 2 aromatic carbocycles. The van der Waals surface area contributed by atoms with Gasteiger partial charge in [-0.3, -0.25) is 9.69 Å². The highest BCUT2D eigenvalue weighted by Gasteiger charge is 2.48. The van der Waals surface area contributed by atoms with Gasteiger partial charge in [-0.05, 0) is 42.8 Å². The number of amides is 3. The van der Waals surface area contributed by atoms with E-state index in [0.717, 1.165) is 9.37 Å². The molecule has 0 bridgehead atoms. The van der Waals surface area contributed by atoms with Gasteiger partial charge in [0.1, 0.15) is 23.6 Å². The van der Waals surface area contributed by atoms with Crippen molar-refractivity contribution in [3.63, 3.8) is 0 Å². The molecule has 0 aromatic heterocycles. The normalized spacial score (nSPS) is 19.1. The van der Waals surface area contributed by atoms with Gasteiger partial charge in [0.2, 0.25) is 0 Å². The van der Waals surface area contributed by atoms with Crippen LogP contribution in [0, 0.1) is 0 Å². The average Bonchev–Trinajstić information content (AvgIpc) is 2.86. The summed E-state index contributed by atoms with van der Waals surface area (Å²) >= 11 is 3.34. The summed E-state index contributed by atoms with van der Waals surface area (Å²) in [6.07, 6.45) is 0. The number of hydrogen-bond acceptors (Lipinski definition) is 4. The van der Waals surface area contributed by atoms with E-state index < -0.39 is 24.1 Å². The minimum absolute atomic E-state index is 0.0293. The van der Waals surface area contributed by atoms with Crippen molar-refractivity contribution in [3.8, 4) is 11.5 Å². The van der Waals surface area contributed by atoms with Crippen molar-refractivity contribution in [1.82, 2.24) is 10.2 Å². The number of nitrogens with zero attached hydrogens (tertiary/aromatic N) is 1. The zero-order chi connectivity index (χ0) is 20.3. The minimum Gasteiger partial charge on any atom is -0.492 e. The summed E-state index contributed by atoms with van der Waals surface area (Å²) in [5.74, 6) is 0.134. The molecule has 1 aliphatic heterocycles. The van der Waals surface area contributed by atoms with Crippen molar-refractivity contribution in [3.05, 3.63) is 58.6 Å². The molecule has 0 aliphatic carbocycles. The maximum absolute atomic E-state index is 12.8. The topological polar surface area (TPSA) is 67.9 Å². The van der Waals surface area contributed by atoms with Gasteiger partial charge in [-0.15, -0.1) is 0 Å². The number of nitrogens with one attached hydrogen (secondary N) is 1. The van der Waals surface area contributed by atoms with Crippen molar-refractivity contribution >= 4 is 27.9 Å². The predicted octanol–water partition coefficient (Wildman–Crippen LogP) is 3.90. The van der Waals surface area contributed by atoms with E-state index in [1.54, 1.807) is 19.1 Å². The van der Waals surface area contributed by atoms with Crippen molar-refractivity contribution in [2.24, 2.45) is 0 Å². The Kier molecular flexibility index (Phi) is 5.83. The maximum Gasteiger partial charge on any atom is 0.387 e. The van der Waals surface area contributed by atoms with E-state index >= 15 is 0 Å². The van der Waals surface area contributed by atoms with E-state index in [9.17, 15) is 18.4 Å². The summed E-state index contributed by atoms with van der Waals surface area (Å²) in [4.78, 5) is 26.2. The van der Waals surface area contributed by atoms with Crippen LogP contribution in [0.3, 0.4) is 0 Å². The Morgan fingerprint density at radius 2 is 1.86 bits per heavy atom. The molecular formula is C19H17BrF2N2O4. The molecule has 0 saturated carbocycles. The minimum atomic E-state index is -2.94. The Balaban J connectivity index is 1.66. The number of urea groups is 1. The van der Waals surface area contributed by atoms with Crippen LogP contribution in [0.1, 0.15) is 12.5 Å². The quantitative estimate of drug-likeness (QED) is 0.644. The van der Waals surface area contributed by atoms with Crippen LogP contribution in [0.4, 0.5) is 13.6 Å². The van der Waals surface area contributed by atoms with E-state index in [4.69, 9.17) is 4.74 Å². The highest BCUT2D eigenvalue weighted by Crippen LogP contribution is 2.30. The van der Waals surface area contributed by atoms with Crippen LogP contribution in [-0.4, -0.2) is 36.6 Å². The number of ether oxygens (including phenoxy) is 2. The number of rotatable bonds is 7. The van der Waals surface area contributed by atoms with Crippen LogP contribution in [0.25, 0.3) is 0 Å². The van der Waals surface area contributed by atoms with Gasteiger partial charge in [0.05, 0.1) is 6.54 Å². The molecule has 1 fully saturated rings. The second-order valence-corrected chi connectivity index (χ2v) is 7.14. The van der Waals surface area contributed by atoms with E-state index in [0.29, 0.717) is 11.3 Å². The molecule has 3 rings (SSSR count). The second kappa shape index (κ2) is 8.14. The van der Waals surface area contributed by atoms with Crippen molar-refractivity contribution in [2.75, 3.05) is 13.2 Å². The zero-order valence-corrected chi connectivity index (χ0v) is 16.4. The van der Waals surface area contributed by atoms with E-state index in [2.05, 4.69) is 26.0 Å². The van der Waals surface area contributed by atoms with E-state index in [1.807, 2.05) is 12.1 Å². The Morgan fingerprint density at radius 1 is 1.14 bits per heavy atom. The van der Waals surface area contributed by atoms with Gasteiger partial charge < -0.3 is 14.8 Å². The fourth-order valence-corrected chi connectivity index (χ4v) is 3.26. The maximum atomic E-state index is 12.8. The summed E-state index contributed by atoms with van der Waals surface area (Å²) < 4.78 is 35.3. The third-order valence-corrected chi connectivity index (χ3v) is 4.80. The molecule has 3 amide bonds. The van der Waals surface area contributed by atoms with Gasteiger partial charge in [-0.2, -0.15) is 8.78 Å². The fraction of sp³-hybridized carbons (Fsp3) is 0.263. The van der Waals surface area contributed by atoms with E-state index in [-0.39, 0.29) is 18.9 Å². The molecule has 148 valence electrons. The number of imide groups is 1. The van der Waals surface area contributed by atoms with Crippen LogP contribution in [-0.2, 0) is 10.3 Å². The Labute approximate surface area is 168 Å². The number of benzene rings is 2.